The Morgan fingerprint density at radius 3 is 2.38 bits per heavy atom. The lowest BCUT2D eigenvalue weighted by molar-refractivity contribution is -0.141. The first kappa shape index (κ1) is 21.0. The fourth-order valence-corrected chi connectivity index (χ4v) is 3.61. The monoisotopic (exact) mass is 399 g/mol. The molecular formula is C22H29N3O4. The molecule has 29 heavy (non-hydrogen) atoms. The van der Waals surface area contributed by atoms with E-state index in [2.05, 4.69) is 12.0 Å². The molecule has 0 saturated carbocycles. The van der Waals surface area contributed by atoms with Crippen molar-refractivity contribution in [1.82, 2.24) is 14.7 Å². The Morgan fingerprint density at radius 2 is 1.76 bits per heavy atom. The van der Waals surface area contributed by atoms with Gasteiger partial charge in [0.05, 0.1) is 5.39 Å². The van der Waals surface area contributed by atoms with Crippen molar-refractivity contribution in [3.63, 3.8) is 0 Å². The van der Waals surface area contributed by atoms with Crippen molar-refractivity contribution in [2.24, 2.45) is 11.8 Å². The van der Waals surface area contributed by atoms with Gasteiger partial charge in [0.1, 0.15) is 0 Å². The molecule has 0 bridgehead atoms. The van der Waals surface area contributed by atoms with E-state index in [9.17, 15) is 14.4 Å². The summed E-state index contributed by atoms with van der Waals surface area (Å²) in [5, 5.41) is 5.13. The zero-order valence-electron chi connectivity index (χ0n) is 17.6. The van der Waals surface area contributed by atoms with E-state index in [0.29, 0.717) is 36.3 Å². The lowest BCUT2D eigenvalue weighted by Crippen LogP contribution is -2.44. The molecule has 0 spiro atoms. The summed E-state index contributed by atoms with van der Waals surface area (Å²) in [7, 11) is 0. The highest BCUT2D eigenvalue weighted by molar-refractivity contribution is 6.02. The van der Waals surface area contributed by atoms with Crippen LogP contribution in [0, 0.1) is 11.8 Å². The molecule has 1 saturated heterocycles. The first-order valence-corrected chi connectivity index (χ1v) is 10.3. The van der Waals surface area contributed by atoms with Crippen LogP contribution in [0.2, 0.25) is 0 Å². The van der Waals surface area contributed by atoms with Crippen LogP contribution in [0.4, 0.5) is 0 Å². The third kappa shape index (κ3) is 4.66. The van der Waals surface area contributed by atoms with E-state index in [1.54, 1.807) is 36.1 Å². The van der Waals surface area contributed by atoms with Crippen molar-refractivity contribution in [3.05, 3.63) is 40.3 Å². The first-order valence-electron chi connectivity index (χ1n) is 10.3. The van der Waals surface area contributed by atoms with Gasteiger partial charge in [0.25, 0.3) is 11.5 Å². The molecule has 1 atom stereocenters. The molecule has 7 nitrogen and oxygen atoms in total. The molecule has 0 unspecified atom stereocenters. The first-order chi connectivity index (χ1) is 13.8. The highest BCUT2D eigenvalue weighted by atomic mass is 16.5. The average molecular weight is 399 g/mol. The topological polar surface area (TPSA) is 81.5 Å². The molecule has 2 aromatic rings. The Kier molecular flexibility index (Phi) is 6.35. The number of carbonyl (C=O) groups is 2. The molecule has 1 fully saturated rings. The summed E-state index contributed by atoms with van der Waals surface area (Å²) < 4.78 is 6.79. The van der Waals surface area contributed by atoms with E-state index in [1.807, 2.05) is 13.8 Å². The minimum Gasteiger partial charge on any atom is -0.448 e. The van der Waals surface area contributed by atoms with Crippen LogP contribution in [0.5, 0.6) is 0 Å². The predicted molar refractivity (Wildman–Crippen MR) is 111 cm³/mol. The molecule has 1 amide bonds. The average Bonchev–Trinajstić information content (AvgIpc) is 2.69. The van der Waals surface area contributed by atoms with Gasteiger partial charge in [0.2, 0.25) is 0 Å². The number of carbonyl (C=O) groups excluding carboxylic acids is 2. The number of ether oxygens (including phenoxy) is 1. The van der Waals surface area contributed by atoms with E-state index in [1.165, 1.54) is 4.68 Å². The Hall–Kier alpha value is -2.70. The van der Waals surface area contributed by atoms with Crippen LogP contribution in [-0.2, 0) is 16.1 Å². The second kappa shape index (κ2) is 8.76. The van der Waals surface area contributed by atoms with Crippen LogP contribution < -0.4 is 5.56 Å². The zero-order valence-corrected chi connectivity index (χ0v) is 17.6. The maximum Gasteiger partial charge on any atom is 0.360 e. The standard InChI is InChI=1S/C22H29N3O4/c1-14(2)13-25-21(27)18-8-6-5-7-17(18)19(23-25)22(28)29-16(4)20(26)24-11-9-15(3)10-12-24/h5-8,14-16H,9-13H2,1-4H3/t16-/m1/s1. The van der Waals surface area contributed by atoms with E-state index in [0.717, 1.165) is 12.8 Å². The lowest BCUT2D eigenvalue weighted by Gasteiger charge is -2.31. The predicted octanol–water partition coefficient (Wildman–Crippen LogP) is 2.86. The number of hydrogen-bond acceptors (Lipinski definition) is 5. The molecular weight excluding hydrogens is 370 g/mol. The van der Waals surface area contributed by atoms with Gasteiger partial charge in [-0.25, -0.2) is 9.48 Å². The maximum absolute atomic E-state index is 12.9. The van der Waals surface area contributed by atoms with Gasteiger partial charge in [-0.15, -0.1) is 0 Å². The molecule has 1 aromatic carbocycles. The summed E-state index contributed by atoms with van der Waals surface area (Å²) >= 11 is 0. The summed E-state index contributed by atoms with van der Waals surface area (Å²) in [5.74, 6) is -0.0864. The van der Waals surface area contributed by atoms with E-state index in [-0.39, 0.29) is 23.1 Å². The van der Waals surface area contributed by atoms with E-state index < -0.39 is 12.1 Å². The number of likely N-dealkylation sites (tertiary alicyclic amines) is 1. The minimum atomic E-state index is -0.901. The van der Waals surface area contributed by atoms with E-state index in [4.69, 9.17) is 4.74 Å². The molecule has 1 aromatic heterocycles. The van der Waals surface area contributed by atoms with Crippen LogP contribution in [0.15, 0.2) is 29.1 Å². The van der Waals surface area contributed by atoms with Gasteiger partial charge in [-0.3, -0.25) is 9.59 Å². The summed E-state index contributed by atoms with van der Waals surface area (Å²) in [5.41, 5.74) is -0.176. The van der Waals surface area contributed by atoms with Gasteiger partial charge in [-0.05, 0) is 37.7 Å². The molecule has 0 N–H and O–H groups in total. The van der Waals surface area contributed by atoms with Crippen LogP contribution in [-0.4, -0.2) is 45.8 Å². The van der Waals surface area contributed by atoms with E-state index >= 15 is 0 Å². The van der Waals surface area contributed by atoms with Crippen molar-refractivity contribution in [3.8, 4) is 0 Å². The molecule has 156 valence electrons. The Balaban J connectivity index is 1.85. The molecule has 0 radical (unpaired) electrons. The number of nitrogens with zero attached hydrogens (tertiary/aromatic N) is 3. The number of aromatic nitrogens is 2. The molecule has 0 aliphatic carbocycles. The van der Waals surface area contributed by atoms with Crippen molar-refractivity contribution in [2.45, 2.75) is 53.2 Å². The van der Waals surface area contributed by atoms with Crippen molar-refractivity contribution >= 4 is 22.6 Å². The number of piperidine rings is 1. The SMILES string of the molecule is CC(C)Cn1nc(C(=O)O[C@H](C)C(=O)N2CCC(C)CC2)c2ccccc2c1=O. The van der Waals surface area contributed by atoms with Gasteiger partial charge in [-0.1, -0.05) is 39.0 Å². The Labute approximate surface area is 170 Å². The molecule has 1 aliphatic rings. The minimum absolute atomic E-state index is 0.0627. The highest BCUT2D eigenvalue weighted by Gasteiger charge is 2.28. The van der Waals surface area contributed by atoms with Crippen LogP contribution in [0.3, 0.4) is 0 Å². The number of benzene rings is 1. The van der Waals surface area contributed by atoms with Crippen molar-refractivity contribution in [2.75, 3.05) is 13.1 Å². The number of esters is 1. The van der Waals surface area contributed by atoms with Gasteiger partial charge >= 0.3 is 5.97 Å². The Morgan fingerprint density at radius 1 is 1.14 bits per heavy atom. The summed E-state index contributed by atoms with van der Waals surface area (Å²) in [6, 6.07) is 6.85. The second-order valence-electron chi connectivity index (χ2n) is 8.33. The summed E-state index contributed by atoms with van der Waals surface area (Å²) in [6.45, 7) is 9.47. The van der Waals surface area contributed by atoms with Crippen LogP contribution in [0.25, 0.3) is 10.8 Å². The molecule has 7 heteroatoms. The molecule has 1 aliphatic heterocycles. The number of amides is 1. The fourth-order valence-electron chi connectivity index (χ4n) is 3.61. The number of fused-ring (bicyclic) bond motifs is 1. The maximum atomic E-state index is 12.9. The molecule has 3 rings (SSSR count). The number of hydrogen-bond donors (Lipinski definition) is 0. The van der Waals surface area contributed by atoms with Crippen molar-refractivity contribution in [1.29, 1.82) is 0 Å². The zero-order chi connectivity index (χ0) is 21.1. The second-order valence-corrected chi connectivity index (χ2v) is 8.33. The van der Waals surface area contributed by atoms with Gasteiger partial charge < -0.3 is 9.64 Å². The third-order valence-electron chi connectivity index (χ3n) is 5.33. The van der Waals surface area contributed by atoms with Gasteiger partial charge in [0, 0.05) is 25.0 Å². The molecule has 2 heterocycles. The highest BCUT2D eigenvalue weighted by Crippen LogP contribution is 2.19. The van der Waals surface area contributed by atoms with Gasteiger partial charge in [0.15, 0.2) is 11.8 Å². The lowest BCUT2D eigenvalue weighted by atomic mass is 9.99. The Bertz CT molecular complexity index is 958. The van der Waals surface area contributed by atoms with Gasteiger partial charge in [-0.2, -0.15) is 5.10 Å². The smallest absolute Gasteiger partial charge is 0.360 e. The summed E-state index contributed by atoms with van der Waals surface area (Å²) in [6.07, 6.45) is 1.01. The summed E-state index contributed by atoms with van der Waals surface area (Å²) in [4.78, 5) is 40.0. The van der Waals surface area contributed by atoms with Crippen molar-refractivity contribution < 1.29 is 14.3 Å². The normalized spacial score (nSPS) is 16.2. The van der Waals surface area contributed by atoms with Crippen LogP contribution in [0.1, 0.15) is 51.0 Å². The quantitative estimate of drug-likeness (QED) is 0.722. The largest absolute Gasteiger partial charge is 0.448 e. The third-order valence-corrected chi connectivity index (χ3v) is 5.33. The fraction of sp³-hybridized carbons (Fsp3) is 0.545. The van der Waals surface area contributed by atoms with Crippen LogP contribution >= 0.6 is 0 Å². The number of rotatable bonds is 5.